The molecule has 0 radical (unpaired) electrons. The number of nitrogens with one attached hydrogen (secondary N) is 1. The Hall–Kier alpha value is -1.41. The first-order chi connectivity index (χ1) is 10.0. The van der Waals surface area contributed by atoms with E-state index in [-0.39, 0.29) is 11.5 Å². The van der Waals surface area contributed by atoms with E-state index in [2.05, 4.69) is 15.3 Å². The Labute approximate surface area is 125 Å². The number of nitrogens with zero attached hydrogens (tertiary/aromatic N) is 3. The maximum Gasteiger partial charge on any atom is 0.158 e. The molecular formula is C13H22N4O3S. The molecule has 1 fully saturated rings. The molecule has 8 heteroatoms. The van der Waals surface area contributed by atoms with Crippen molar-refractivity contribution in [2.75, 3.05) is 48.5 Å². The van der Waals surface area contributed by atoms with Gasteiger partial charge >= 0.3 is 0 Å². The molecule has 21 heavy (non-hydrogen) atoms. The summed E-state index contributed by atoms with van der Waals surface area (Å²) in [7, 11) is -1.13. The summed E-state index contributed by atoms with van der Waals surface area (Å²) in [5.41, 5.74) is 0. The van der Waals surface area contributed by atoms with Crippen molar-refractivity contribution in [3.63, 3.8) is 0 Å². The monoisotopic (exact) mass is 314 g/mol. The highest BCUT2D eigenvalue weighted by molar-refractivity contribution is 7.91. The first-order valence-electron chi connectivity index (χ1n) is 7.13. The Morgan fingerprint density at radius 1 is 1.33 bits per heavy atom. The molecule has 1 aromatic rings. The Morgan fingerprint density at radius 3 is 2.86 bits per heavy atom. The van der Waals surface area contributed by atoms with Crippen LogP contribution in [0.3, 0.4) is 0 Å². The van der Waals surface area contributed by atoms with Crippen LogP contribution in [0.1, 0.15) is 19.2 Å². The van der Waals surface area contributed by atoms with Gasteiger partial charge in [0.15, 0.2) is 15.7 Å². The maximum atomic E-state index is 11.7. The van der Waals surface area contributed by atoms with E-state index in [1.165, 1.54) is 0 Å². The van der Waals surface area contributed by atoms with E-state index >= 15 is 0 Å². The van der Waals surface area contributed by atoms with Gasteiger partial charge in [-0.15, -0.1) is 0 Å². The number of hydrogen-bond acceptors (Lipinski definition) is 7. The Bertz CT molecular complexity index is 577. The molecule has 7 nitrogen and oxygen atoms in total. The zero-order valence-electron chi connectivity index (χ0n) is 12.5. The average molecular weight is 314 g/mol. The van der Waals surface area contributed by atoms with E-state index in [1.807, 2.05) is 17.9 Å². The average Bonchev–Trinajstić information content (AvgIpc) is 2.65. The highest BCUT2D eigenvalue weighted by Crippen LogP contribution is 2.18. The molecule has 0 aliphatic carbocycles. The Balaban J connectivity index is 2.21. The van der Waals surface area contributed by atoms with E-state index in [4.69, 9.17) is 4.74 Å². The summed E-state index contributed by atoms with van der Waals surface area (Å²) in [6, 6.07) is 1.84. The van der Waals surface area contributed by atoms with E-state index < -0.39 is 9.84 Å². The quantitative estimate of drug-likeness (QED) is 0.855. The second kappa shape index (κ2) is 7.04. The first-order valence-corrected chi connectivity index (χ1v) is 8.95. The third kappa shape index (κ3) is 4.53. The topological polar surface area (TPSA) is 84.4 Å². The minimum absolute atomic E-state index is 0.173. The molecule has 0 amide bonds. The van der Waals surface area contributed by atoms with E-state index in [0.29, 0.717) is 44.4 Å². The predicted molar refractivity (Wildman–Crippen MR) is 82.4 cm³/mol. The van der Waals surface area contributed by atoms with Crippen LogP contribution in [0.4, 0.5) is 11.6 Å². The van der Waals surface area contributed by atoms with E-state index in [9.17, 15) is 8.42 Å². The fourth-order valence-electron chi connectivity index (χ4n) is 2.20. The van der Waals surface area contributed by atoms with Crippen molar-refractivity contribution >= 4 is 21.5 Å². The molecule has 0 unspecified atom stereocenters. The second-order valence-corrected chi connectivity index (χ2v) is 7.21. The molecule has 2 heterocycles. The number of ether oxygens (including phenoxy) is 1. The minimum atomic E-state index is -2.93. The smallest absolute Gasteiger partial charge is 0.158 e. The largest absolute Gasteiger partial charge is 0.374 e. The predicted octanol–water partition coefficient (Wildman–Crippen LogP) is 0.680. The molecule has 0 spiro atoms. The molecule has 0 aromatic carbocycles. The number of aromatic nitrogens is 2. The van der Waals surface area contributed by atoms with Crippen molar-refractivity contribution in [3.8, 4) is 0 Å². The number of hydrogen-bond donors (Lipinski definition) is 1. The Morgan fingerprint density at radius 2 is 2.14 bits per heavy atom. The molecule has 1 aromatic heterocycles. The second-order valence-electron chi connectivity index (χ2n) is 4.91. The van der Waals surface area contributed by atoms with Gasteiger partial charge in [0.05, 0.1) is 11.5 Å². The van der Waals surface area contributed by atoms with E-state index in [1.54, 1.807) is 7.05 Å². The maximum absolute atomic E-state index is 11.7. The van der Waals surface area contributed by atoms with Gasteiger partial charge < -0.3 is 15.0 Å². The molecule has 1 aliphatic heterocycles. The standard InChI is InChI=1S/C13H22N4O3S/c1-3-20-10-12-15-11(14-2)9-13(16-12)17-5-4-7-21(18,19)8-6-17/h9H,3-8,10H2,1-2H3,(H,14,15,16). The molecule has 1 N–H and O–H groups in total. The lowest BCUT2D eigenvalue weighted by atomic mass is 10.3. The van der Waals surface area contributed by atoms with Gasteiger partial charge in [-0.3, -0.25) is 0 Å². The highest BCUT2D eigenvalue weighted by atomic mass is 32.2. The SMILES string of the molecule is CCOCc1nc(NC)cc(N2CCCS(=O)(=O)CC2)n1. The molecule has 118 valence electrons. The fraction of sp³-hybridized carbons (Fsp3) is 0.692. The fourth-order valence-corrected chi connectivity index (χ4v) is 3.47. The normalized spacial score (nSPS) is 18.3. The summed E-state index contributed by atoms with van der Waals surface area (Å²) in [6.07, 6.45) is 0.627. The van der Waals surface area contributed by atoms with Crippen molar-refractivity contribution in [1.82, 2.24) is 9.97 Å². The van der Waals surface area contributed by atoms with Gasteiger partial charge in [0, 0.05) is 32.8 Å². The van der Waals surface area contributed by atoms with Gasteiger partial charge in [-0.25, -0.2) is 18.4 Å². The first kappa shape index (κ1) is 16.0. The molecular weight excluding hydrogens is 292 g/mol. The minimum Gasteiger partial charge on any atom is -0.374 e. The van der Waals surface area contributed by atoms with Crippen LogP contribution in [-0.4, -0.2) is 56.6 Å². The third-order valence-electron chi connectivity index (χ3n) is 3.33. The van der Waals surface area contributed by atoms with Crippen LogP contribution in [0.25, 0.3) is 0 Å². The molecule has 0 bridgehead atoms. The Kier molecular flexibility index (Phi) is 5.35. The molecule has 2 rings (SSSR count). The summed E-state index contributed by atoms with van der Waals surface area (Å²) in [6.45, 7) is 4.03. The van der Waals surface area contributed by atoms with Crippen molar-refractivity contribution in [2.24, 2.45) is 0 Å². The number of anilines is 2. The molecule has 1 aliphatic rings. The van der Waals surface area contributed by atoms with Gasteiger partial charge in [-0.05, 0) is 13.3 Å². The van der Waals surface area contributed by atoms with Crippen LogP contribution in [-0.2, 0) is 21.2 Å². The van der Waals surface area contributed by atoms with Gasteiger partial charge in [0.2, 0.25) is 0 Å². The summed E-state index contributed by atoms with van der Waals surface area (Å²) in [5.74, 6) is 2.49. The highest BCUT2D eigenvalue weighted by Gasteiger charge is 2.20. The van der Waals surface area contributed by atoms with Crippen molar-refractivity contribution in [2.45, 2.75) is 20.0 Å². The lowest BCUT2D eigenvalue weighted by Gasteiger charge is -2.21. The zero-order valence-corrected chi connectivity index (χ0v) is 13.3. The van der Waals surface area contributed by atoms with Crippen molar-refractivity contribution < 1.29 is 13.2 Å². The number of sulfone groups is 1. The van der Waals surface area contributed by atoms with Gasteiger partial charge in [0.1, 0.15) is 18.2 Å². The molecule has 0 atom stereocenters. The van der Waals surface area contributed by atoms with Gasteiger partial charge in [-0.2, -0.15) is 0 Å². The zero-order chi connectivity index (χ0) is 15.3. The van der Waals surface area contributed by atoms with E-state index in [0.717, 1.165) is 5.82 Å². The summed E-state index contributed by atoms with van der Waals surface area (Å²) in [4.78, 5) is 10.8. The van der Waals surface area contributed by atoms with Gasteiger partial charge in [0.25, 0.3) is 0 Å². The molecule has 0 saturated carbocycles. The van der Waals surface area contributed by atoms with Crippen LogP contribution in [0, 0.1) is 0 Å². The lowest BCUT2D eigenvalue weighted by Crippen LogP contribution is -2.28. The molecule has 1 saturated heterocycles. The third-order valence-corrected chi connectivity index (χ3v) is 5.05. The van der Waals surface area contributed by atoms with Gasteiger partial charge in [-0.1, -0.05) is 0 Å². The summed E-state index contributed by atoms with van der Waals surface area (Å²) in [5, 5.41) is 3.00. The van der Waals surface area contributed by atoms with Crippen LogP contribution in [0.5, 0.6) is 0 Å². The van der Waals surface area contributed by atoms with Crippen LogP contribution >= 0.6 is 0 Å². The van der Waals surface area contributed by atoms with Crippen LogP contribution in [0.2, 0.25) is 0 Å². The van der Waals surface area contributed by atoms with Crippen molar-refractivity contribution in [3.05, 3.63) is 11.9 Å². The van der Waals surface area contributed by atoms with Crippen LogP contribution < -0.4 is 10.2 Å². The van der Waals surface area contributed by atoms with Crippen molar-refractivity contribution in [1.29, 1.82) is 0 Å². The summed E-state index contributed by atoms with van der Waals surface area (Å²) < 4.78 is 28.7. The lowest BCUT2D eigenvalue weighted by molar-refractivity contribution is 0.128. The number of rotatable bonds is 5. The summed E-state index contributed by atoms with van der Waals surface area (Å²) >= 11 is 0. The van der Waals surface area contributed by atoms with Crippen LogP contribution in [0.15, 0.2) is 6.07 Å².